The van der Waals surface area contributed by atoms with Crippen molar-refractivity contribution in [2.45, 2.75) is 32.2 Å². The third-order valence-corrected chi connectivity index (χ3v) is 4.09. The molecule has 0 aromatic heterocycles. The molecule has 1 aliphatic rings. The van der Waals surface area contributed by atoms with Gasteiger partial charge in [0, 0.05) is 18.1 Å². The topological polar surface area (TPSA) is 70.2 Å². The lowest BCUT2D eigenvalue weighted by Crippen LogP contribution is -2.56. The number of amides is 3. The van der Waals surface area contributed by atoms with Crippen molar-refractivity contribution in [2.75, 3.05) is 13.1 Å². The summed E-state index contributed by atoms with van der Waals surface area (Å²) in [4.78, 5) is 23.6. The number of piperidine rings is 1. The van der Waals surface area contributed by atoms with Crippen molar-refractivity contribution in [2.24, 2.45) is 5.92 Å². The molecule has 0 unspecified atom stereocenters. The van der Waals surface area contributed by atoms with Gasteiger partial charge in [-0.3, -0.25) is 4.79 Å². The molecular formula is C16H22ClN3O2. The van der Waals surface area contributed by atoms with Crippen LogP contribution >= 0.6 is 11.6 Å². The Bertz CT molecular complexity index is 536. The van der Waals surface area contributed by atoms with E-state index in [-0.39, 0.29) is 17.9 Å². The Morgan fingerprint density at radius 2 is 2.27 bits per heavy atom. The van der Waals surface area contributed by atoms with E-state index in [0.717, 1.165) is 29.8 Å². The van der Waals surface area contributed by atoms with Crippen molar-refractivity contribution >= 4 is 23.5 Å². The molecule has 120 valence electrons. The van der Waals surface area contributed by atoms with Crippen molar-refractivity contribution in [3.05, 3.63) is 34.9 Å². The van der Waals surface area contributed by atoms with E-state index >= 15 is 0 Å². The predicted octanol–water partition coefficient (Wildman–Crippen LogP) is 2.10. The number of nitrogens with one attached hydrogen (secondary N) is 3. The molecule has 0 radical (unpaired) electrons. The fourth-order valence-corrected chi connectivity index (χ4v) is 2.76. The zero-order valence-electron chi connectivity index (χ0n) is 12.7. The molecule has 1 fully saturated rings. The quantitative estimate of drug-likeness (QED) is 0.726. The van der Waals surface area contributed by atoms with Crippen LogP contribution in [0.25, 0.3) is 0 Å². The maximum absolute atomic E-state index is 11.8. The summed E-state index contributed by atoms with van der Waals surface area (Å²) in [7, 11) is 0. The van der Waals surface area contributed by atoms with Crippen LogP contribution in [0.3, 0.4) is 0 Å². The molecule has 3 N–H and O–H groups in total. The molecule has 3 amide bonds. The van der Waals surface area contributed by atoms with Gasteiger partial charge in [0.1, 0.15) is 6.04 Å². The van der Waals surface area contributed by atoms with Crippen molar-refractivity contribution in [3.63, 3.8) is 0 Å². The Hall–Kier alpha value is -1.75. The van der Waals surface area contributed by atoms with E-state index in [0.29, 0.717) is 13.1 Å². The molecule has 2 rings (SSSR count). The molecular weight excluding hydrogens is 302 g/mol. The average Bonchev–Trinajstić information content (AvgIpc) is 2.48. The number of carbonyl (C=O) groups excluding carboxylic acids is 2. The summed E-state index contributed by atoms with van der Waals surface area (Å²) in [5.74, 6) is 0.0544. The number of benzene rings is 1. The number of carbonyl (C=O) groups is 2. The second kappa shape index (κ2) is 8.03. The standard InChI is InChI=1S/C16H22ClN3O2/c1-11-7-9-18-15(21)14(11)20-16(22)19-8-3-5-12-4-2-6-13(17)10-12/h2,4,6,10-11,14H,3,5,7-9H2,1H3,(H,18,21)(H2,19,20,22)/t11-,14+/m0/s1. The first-order chi connectivity index (χ1) is 10.6. The van der Waals surface area contributed by atoms with Crippen LogP contribution in [0.1, 0.15) is 25.3 Å². The van der Waals surface area contributed by atoms with Gasteiger partial charge in [-0.15, -0.1) is 0 Å². The fraction of sp³-hybridized carbons (Fsp3) is 0.500. The average molecular weight is 324 g/mol. The van der Waals surface area contributed by atoms with Gasteiger partial charge in [-0.05, 0) is 42.9 Å². The number of halogens is 1. The summed E-state index contributed by atoms with van der Waals surface area (Å²) in [6.07, 6.45) is 2.55. The molecule has 5 nitrogen and oxygen atoms in total. The molecule has 0 aliphatic carbocycles. The van der Waals surface area contributed by atoms with Crippen LogP contribution < -0.4 is 16.0 Å². The first kappa shape index (κ1) is 16.6. The number of hydrogen-bond donors (Lipinski definition) is 3. The molecule has 1 aromatic carbocycles. The van der Waals surface area contributed by atoms with E-state index in [9.17, 15) is 9.59 Å². The van der Waals surface area contributed by atoms with E-state index in [1.165, 1.54) is 0 Å². The third-order valence-electron chi connectivity index (χ3n) is 3.85. The highest BCUT2D eigenvalue weighted by Crippen LogP contribution is 2.13. The molecule has 22 heavy (non-hydrogen) atoms. The van der Waals surface area contributed by atoms with Gasteiger partial charge in [0.05, 0.1) is 0 Å². The molecule has 6 heteroatoms. The Labute approximate surface area is 135 Å². The summed E-state index contributed by atoms with van der Waals surface area (Å²) in [5.41, 5.74) is 1.15. The van der Waals surface area contributed by atoms with Crippen LogP contribution in [-0.4, -0.2) is 31.1 Å². The van der Waals surface area contributed by atoms with E-state index in [2.05, 4.69) is 16.0 Å². The normalized spacial score (nSPS) is 21.1. The largest absolute Gasteiger partial charge is 0.354 e. The predicted molar refractivity (Wildman–Crippen MR) is 86.9 cm³/mol. The zero-order chi connectivity index (χ0) is 15.9. The fourth-order valence-electron chi connectivity index (χ4n) is 2.55. The van der Waals surface area contributed by atoms with Gasteiger partial charge < -0.3 is 16.0 Å². The SMILES string of the molecule is C[C@H]1CCNC(=O)[C@@H]1NC(=O)NCCCc1cccc(Cl)c1. The van der Waals surface area contributed by atoms with E-state index in [1.807, 2.05) is 31.2 Å². The number of hydrogen-bond acceptors (Lipinski definition) is 2. The molecule has 0 bridgehead atoms. The first-order valence-electron chi connectivity index (χ1n) is 7.63. The van der Waals surface area contributed by atoms with Gasteiger partial charge in [0.2, 0.25) is 5.91 Å². The summed E-state index contributed by atoms with van der Waals surface area (Å²) in [5, 5.41) is 9.03. The van der Waals surface area contributed by atoms with Gasteiger partial charge in [-0.25, -0.2) is 4.79 Å². The monoisotopic (exact) mass is 323 g/mol. The third kappa shape index (κ3) is 4.91. The van der Waals surface area contributed by atoms with Gasteiger partial charge in [0.15, 0.2) is 0 Å². The summed E-state index contributed by atoms with van der Waals surface area (Å²) < 4.78 is 0. The zero-order valence-corrected chi connectivity index (χ0v) is 13.5. The van der Waals surface area contributed by atoms with Crippen molar-refractivity contribution < 1.29 is 9.59 Å². The lowest BCUT2D eigenvalue weighted by Gasteiger charge is -2.28. The summed E-state index contributed by atoms with van der Waals surface area (Å²) >= 11 is 5.93. The Balaban J connectivity index is 1.68. The summed E-state index contributed by atoms with van der Waals surface area (Å²) in [6.45, 7) is 3.21. The molecule has 2 atom stereocenters. The molecule has 1 heterocycles. The number of aryl methyl sites for hydroxylation is 1. The van der Waals surface area contributed by atoms with Gasteiger partial charge in [0.25, 0.3) is 0 Å². The van der Waals surface area contributed by atoms with Gasteiger partial charge in [-0.1, -0.05) is 30.7 Å². The van der Waals surface area contributed by atoms with Crippen LogP contribution in [-0.2, 0) is 11.2 Å². The number of urea groups is 1. The highest BCUT2D eigenvalue weighted by atomic mass is 35.5. The highest BCUT2D eigenvalue weighted by molar-refractivity contribution is 6.30. The van der Waals surface area contributed by atoms with Crippen LogP contribution in [0.4, 0.5) is 4.79 Å². The maximum Gasteiger partial charge on any atom is 0.315 e. The highest BCUT2D eigenvalue weighted by Gasteiger charge is 2.29. The van der Waals surface area contributed by atoms with Crippen molar-refractivity contribution in [1.82, 2.24) is 16.0 Å². The smallest absolute Gasteiger partial charge is 0.315 e. The Morgan fingerprint density at radius 3 is 3.00 bits per heavy atom. The maximum atomic E-state index is 11.8. The first-order valence-corrected chi connectivity index (χ1v) is 8.00. The van der Waals surface area contributed by atoms with Crippen molar-refractivity contribution in [3.8, 4) is 0 Å². The van der Waals surface area contributed by atoms with Crippen LogP contribution in [0, 0.1) is 5.92 Å². The minimum atomic E-state index is -0.443. The minimum absolute atomic E-state index is 0.104. The van der Waals surface area contributed by atoms with E-state index in [4.69, 9.17) is 11.6 Å². The lowest BCUT2D eigenvalue weighted by molar-refractivity contribution is -0.125. The molecule has 0 spiro atoms. The molecule has 1 aliphatic heterocycles. The van der Waals surface area contributed by atoms with Crippen LogP contribution in [0.15, 0.2) is 24.3 Å². The van der Waals surface area contributed by atoms with E-state index in [1.54, 1.807) is 0 Å². The minimum Gasteiger partial charge on any atom is -0.354 e. The summed E-state index contributed by atoms with van der Waals surface area (Å²) in [6, 6.07) is 6.96. The van der Waals surface area contributed by atoms with Crippen LogP contribution in [0.2, 0.25) is 5.02 Å². The van der Waals surface area contributed by atoms with Gasteiger partial charge >= 0.3 is 6.03 Å². The van der Waals surface area contributed by atoms with Crippen LogP contribution in [0.5, 0.6) is 0 Å². The Morgan fingerprint density at radius 1 is 1.45 bits per heavy atom. The second-order valence-electron chi connectivity index (χ2n) is 5.67. The van der Waals surface area contributed by atoms with Gasteiger partial charge in [-0.2, -0.15) is 0 Å². The number of rotatable bonds is 5. The second-order valence-corrected chi connectivity index (χ2v) is 6.10. The molecule has 0 saturated carbocycles. The molecule has 1 aromatic rings. The molecule has 1 saturated heterocycles. The lowest BCUT2D eigenvalue weighted by atomic mass is 9.94. The Kier molecular flexibility index (Phi) is 6.07. The van der Waals surface area contributed by atoms with E-state index < -0.39 is 6.04 Å². The van der Waals surface area contributed by atoms with Crippen molar-refractivity contribution in [1.29, 1.82) is 0 Å².